The van der Waals surface area contributed by atoms with Crippen molar-refractivity contribution in [2.75, 3.05) is 13.2 Å². The number of hydrogen-bond donors (Lipinski definition) is 0. The Morgan fingerprint density at radius 3 is 1.83 bits per heavy atom. The highest BCUT2D eigenvalue weighted by Gasteiger charge is 2.37. The fourth-order valence-corrected chi connectivity index (χ4v) is 4.19. The van der Waals surface area contributed by atoms with E-state index in [-0.39, 0.29) is 30.4 Å². The van der Waals surface area contributed by atoms with Crippen LogP contribution in [0.1, 0.15) is 33.3 Å². The first-order valence-electron chi connectivity index (χ1n) is 9.74. The Bertz CT molecular complexity index is 828. The van der Waals surface area contributed by atoms with Crippen molar-refractivity contribution in [3.63, 3.8) is 0 Å². The maximum Gasteiger partial charge on any atom is 0.368 e. The van der Waals surface area contributed by atoms with Crippen molar-refractivity contribution in [3.05, 3.63) is 71.5 Å². The predicted molar refractivity (Wildman–Crippen MR) is 116 cm³/mol. The molecule has 0 amide bonds. The van der Waals surface area contributed by atoms with E-state index < -0.39 is 13.6 Å². The van der Waals surface area contributed by atoms with Gasteiger partial charge in [0.25, 0.3) is 0 Å². The quantitative estimate of drug-likeness (QED) is 0.201. The van der Waals surface area contributed by atoms with Crippen LogP contribution in [0.3, 0.4) is 0 Å². The fraction of sp³-hybridized carbons (Fsp3) is 0.348. The van der Waals surface area contributed by atoms with Crippen LogP contribution in [0.15, 0.2) is 66.0 Å². The Morgan fingerprint density at radius 2 is 1.34 bits per heavy atom. The molecular formula is C23H29O5P. The highest BCUT2D eigenvalue weighted by atomic mass is 31.2. The van der Waals surface area contributed by atoms with Crippen LogP contribution < -0.4 is 4.74 Å². The van der Waals surface area contributed by atoms with Crippen molar-refractivity contribution in [2.24, 2.45) is 11.8 Å². The number of hydrogen-bond acceptors (Lipinski definition) is 5. The van der Waals surface area contributed by atoms with Crippen LogP contribution in [0.4, 0.5) is 0 Å². The summed E-state index contributed by atoms with van der Waals surface area (Å²) in [6.45, 7) is 8.15. The maximum atomic E-state index is 13.7. The second-order valence-corrected chi connectivity index (χ2v) is 9.51. The standard InChI is InChI=1S/C23H29O5P/c1-18(2)16-26-29(25,27-17-19(3)4)22(15-20-11-7-5-8-12-20)23(24)28-21-13-9-6-10-14-21/h5-15,18-19H,16-17H2,1-4H3/b22-15+. The lowest BCUT2D eigenvalue weighted by Gasteiger charge is -2.22. The Labute approximate surface area is 173 Å². The summed E-state index contributed by atoms with van der Waals surface area (Å²) < 4.78 is 30.6. The van der Waals surface area contributed by atoms with Gasteiger partial charge in [0.15, 0.2) is 0 Å². The van der Waals surface area contributed by atoms with Gasteiger partial charge in [0.1, 0.15) is 11.1 Å². The van der Waals surface area contributed by atoms with Crippen LogP contribution in [0.5, 0.6) is 5.75 Å². The van der Waals surface area contributed by atoms with Crippen LogP contribution in [0.2, 0.25) is 0 Å². The predicted octanol–water partition coefficient (Wildman–Crippen LogP) is 6.17. The number of benzene rings is 2. The molecule has 2 aromatic carbocycles. The van der Waals surface area contributed by atoms with Crippen molar-refractivity contribution in [3.8, 4) is 5.75 Å². The van der Waals surface area contributed by atoms with Gasteiger partial charge in [-0.1, -0.05) is 76.2 Å². The molecule has 0 aliphatic heterocycles. The van der Waals surface area contributed by atoms with Gasteiger partial charge in [-0.3, -0.25) is 4.57 Å². The monoisotopic (exact) mass is 416 g/mol. The third kappa shape index (κ3) is 7.62. The van der Waals surface area contributed by atoms with Crippen LogP contribution in [-0.2, 0) is 18.4 Å². The van der Waals surface area contributed by atoms with Gasteiger partial charge >= 0.3 is 13.6 Å². The van der Waals surface area contributed by atoms with E-state index in [0.717, 1.165) is 0 Å². The molecule has 0 fully saturated rings. The first-order valence-corrected chi connectivity index (χ1v) is 11.3. The number of ether oxygens (including phenoxy) is 1. The zero-order valence-electron chi connectivity index (χ0n) is 17.4. The van der Waals surface area contributed by atoms with E-state index in [0.29, 0.717) is 11.3 Å². The minimum Gasteiger partial charge on any atom is -0.423 e. The Balaban J connectivity index is 2.44. The number of para-hydroxylation sites is 1. The van der Waals surface area contributed by atoms with Gasteiger partial charge in [-0.2, -0.15) is 0 Å². The molecule has 0 saturated heterocycles. The van der Waals surface area contributed by atoms with Crippen LogP contribution >= 0.6 is 7.60 Å². The lowest BCUT2D eigenvalue weighted by atomic mass is 10.2. The highest BCUT2D eigenvalue weighted by Crippen LogP contribution is 2.57. The molecule has 29 heavy (non-hydrogen) atoms. The smallest absolute Gasteiger partial charge is 0.368 e. The summed E-state index contributed by atoms with van der Waals surface area (Å²) in [7, 11) is -3.91. The molecule has 6 heteroatoms. The zero-order chi connectivity index (χ0) is 21.3. The van der Waals surface area contributed by atoms with Gasteiger partial charge in [0.05, 0.1) is 13.2 Å². The molecule has 0 bridgehead atoms. The topological polar surface area (TPSA) is 61.8 Å². The molecular weight excluding hydrogens is 387 g/mol. The number of carbonyl (C=O) groups excluding carboxylic acids is 1. The fourth-order valence-electron chi connectivity index (χ4n) is 2.28. The van der Waals surface area contributed by atoms with Gasteiger partial charge < -0.3 is 13.8 Å². The second-order valence-electron chi connectivity index (χ2n) is 7.52. The molecule has 2 aromatic rings. The summed E-state index contributed by atoms with van der Waals surface area (Å²) in [6.07, 6.45) is 1.52. The van der Waals surface area contributed by atoms with Crippen LogP contribution in [0, 0.1) is 11.8 Å². The summed E-state index contributed by atoms with van der Waals surface area (Å²) in [5.74, 6) is -0.158. The van der Waals surface area contributed by atoms with E-state index in [1.54, 1.807) is 24.3 Å². The van der Waals surface area contributed by atoms with E-state index in [1.807, 2.05) is 64.1 Å². The molecule has 156 valence electrons. The largest absolute Gasteiger partial charge is 0.423 e. The van der Waals surface area contributed by atoms with Crippen molar-refractivity contribution >= 4 is 19.6 Å². The first kappa shape index (κ1) is 23.1. The zero-order valence-corrected chi connectivity index (χ0v) is 18.3. The van der Waals surface area contributed by atoms with E-state index in [4.69, 9.17) is 13.8 Å². The van der Waals surface area contributed by atoms with Crippen molar-refractivity contribution in [1.29, 1.82) is 0 Å². The van der Waals surface area contributed by atoms with Crippen molar-refractivity contribution < 1.29 is 23.1 Å². The van der Waals surface area contributed by atoms with E-state index in [2.05, 4.69) is 0 Å². The van der Waals surface area contributed by atoms with Gasteiger partial charge in [-0.05, 0) is 35.6 Å². The van der Waals surface area contributed by atoms with E-state index >= 15 is 0 Å². The number of esters is 1. The average Bonchev–Trinajstić information content (AvgIpc) is 2.70. The normalized spacial score (nSPS) is 12.4. The summed E-state index contributed by atoms with van der Waals surface area (Å²) >= 11 is 0. The SMILES string of the molecule is CC(C)COP(=O)(OCC(C)C)/C(=C/c1ccccc1)C(=O)Oc1ccccc1. The van der Waals surface area contributed by atoms with Gasteiger partial charge in [0.2, 0.25) is 0 Å². The third-order valence-corrected chi connectivity index (χ3v) is 5.60. The summed E-state index contributed by atoms with van der Waals surface area (Å²) in [5, 5.41) is -0.117. The molecule has 0 N–H and O–H groups in total. The number of rotatable bonds is 10. The molecule has 0 aliphatic rings. The van der Waals surface area contributed by atoms with Crippen molar-refractivity contribution in [1.82, 2.24) is 0 Å². The minimum absolute atomic E-state index is 0.117. The third-order valence-electron chi connectivity index (χ3n) is 3.72. The molecule has 0 saturated carbocycles. The Hall–Kier alpha value is -2.20. The van der Waals surface area contributed by atoms with Crippen LogP contribution in [0.25, 0.3) is 6.08 Å². The van der Waals surface area contributed by atoms with E-state index in [1.165, 1.54) is 6.08 Å². The molecule has 0 radical (unpaired) electrons. The molecule has 0 atom stereocenters. The molecule has 0 heterocycles. The maximum absolute atomic E-state index is 13.7. The lowest BCUT2D eigenvalue weighted by Crippen LogP contribution is -2.16. The lowest BCUT2D eigenvalue weighted by molar-refractivity contribution is -0.129. The second kappa shape index (κ2) is 11.1. The van der Waals surface area contributed by atoms with E-state index in [9.17, 15) is 9.36 Å². The summed E-state index contributed by atoms with van der Waals surface area (Å²) in [4.78, 5) is 13.0. The first-order chi connectivity index (χ1) is 13.8. The molecule has 0 aliphatic carbocycles. The Morgan fingerprint density at radius 1 is 0.862 bits per heavy atom. The Kier molecular flexibility index (Phi) is 8.84. The van der Waals surface area contributed by atoms with Gasteiger partial charge in [0, 0.05) is 0 Å². The summed E-state index contributed by atoms with van der Waals surface area (Å²) in [6, 6.07) is 17.8. The average molecular weight is 416 g/mol. The molecule has 0 aromatic heterocycles. The summed E-state index contributed by atoms with van der Waals surface area (Å²) in [5.41, 5.74) is 0.703. The molecule has 5 nitrogen and oxygen atoms in total. The van der Waals surface area contributed by atoms with Gasteiger partial charge in [-0.25, -0.2) is 4.79 Å². The highest BCUT2D eigenvalue weighted by molar-refractivity contribution is 7.60. The van der Waals surface area contributed by atoms with Gasteiger partial charge in [-0.15, -0.1) is 0 Å². The molecule has 0 unspecified atom stereocenters. The number of carbonyl (C=O) groups is 1. The van der Waals surface area contributed by atoms with Crippen molar-refractivity contribution in [2.45, 2.75) is 27.7 Å². The molecule has 0 spiro atoms. The minimum atomic E-state index is -3.91. The van der Waals surface area contributed by atoms with Crippen LogP contribution in [-0.4, -0.2) is 19.2 Å². The molecule has 2 rings (SSSR count).